The van der Waals surface area contributed by atoms with Crippen molar-refractivity contribution in [2.24, 2.45) is 0 Å². The van der Waals surface area contributed by atoms with E-state index in [4.69, 9.17) is 10.5 Å². The first-order chi connectivity index (χ1) is 14.2. The van der Waals surface area contributed by atoms with Gasteiger partial charge in [0, 0.05) is 18.9 Å². The molecule has 144 valence electrons. The van der Waals surface area contributed by atoms with Gasteiger partial charge < -0.3 is 15.8 Å². The number of benzene rings is 2. The van der Waals surface area contributed by atoms with Crippen molar-refractivity contribution < 1.29 is 9.53 Å². The Hall–Kier alpha value is -3.85. The van der Waals surface area contributed by atoms with Crippen LogP contribution in [0.4, 0.5) is 10.6 Å². The molecule has 1 aliphatic carbocycles. The Kier molecular flexibility index (Phi) is 5.39. The zero-order valence-corrected chi connectivity index (χ0v) is 15.8. The number of aromatic nitrogens is 2. The Labute approximate surface area is 169 Å². The van der Waals surface area contributed by atoms with E-state index in [1.54, 1.807) is 12.1 Å². The zero-order chi connectivity index (χ0) is 20.1. The van der Waals surface area contributed by atoms with Crippen molar-refractivity contribution in [1.29, 1.82) is 0 Å². The smallest absolute Gasteiger partial charge is 0.407 e. The van der Waals surface area contributed by atoms with Gasteiger partial charge in [-0.05, 0) is 40.3 Å². The number of nitrogen functional groups attached to an aromatic ring is 1. The second kappa shape index (κ2) is 8.44. The van der Waals surface area contributed by atoms with Crippen molar-refractivity contribution in [3.8, 4) is 23.0 Å². The summed E-state index contributed by atoms with van der Waals surface area (Å²) in [5, 5.41) is 10.3. The van der Waals surface area contributed by atoms with E-state index in [1.165, 1.54) is 22.3 Å². The second-order valence-corrected chi connectivity index (χ2v) is 6.65. The lowest BCUT2D eigenvalue weighted by atomic mass is 9.98. The van der Waals surface area contributed by atoms with Gasteiger partial charge in [0.15, 0.2) is 0 Å². The van der Waals surface area contributed by atoms with E-state index in [-0.39, 0.29) is 5.92 Å². The van der Waals surface area contributed by atoms with Crippen LogP contribution in [0, 0.1) is 11.8 Å². The van der Waals surface area contributed by atoms with Crippen LogP contribution in [0.15, 0.2) is 60.7 Å². The quantitative estimate of drug-likeness (QED) is 0.532. The first kappa shape index (κ1) is 18.5. The fourth-order valence-corrected chi connectivity index (χ4v) is 3.44. The van der Waals surface area contributed by atoms with Gasteiger partial charge in [-0.15, -0.1) is 10.2 Å². The molecule has 1 aromatic heterocycles. The van der Waals surface area contributed by atoms with Crippen molar-refractivity contribution in [3.63, 3.8) is 0 Å². The maximum atomic E-state index is 12.1. The largest absolute Gasteiger partial charge is 0.449 e. The fraction of sp³-hybridized carbons (Fsp3) is 0.174. The van der Waals surface area contributed by atoms with E-state index in [2.05, 4.69) is 51.6 Å². The van der Waals surface area contributed by atoms with E-state index in [0.717, 1.165) is 0 Å². The van der Waals surface area contributed by atoms with Crippen molar-refractivity contribution in [2.45, 2.75) is 12.3 Å². The molecule has 0 atom stereocenters. The predicted molar refractivity (Wildman–Crippen MR) is 111 cm³/mol. The van der Waals surface area contributed by atoms with Crippen LogP contribution < -0.4 is 11.1 Å². The van der Waals surface area contributed by atoms with Crippen LogP contribution in [0.1, 0.15) is 29.2 Å². The molecular formula is C23H20N4O2. The Morgan fingerprint density at radius 2 is 1.69 bits per heavy atom. The second-order valence-electron chi connectivity index (χ2n) is 6.65. The lowest BCUT2D eigenvalue weighted by molar-refractivity contribution is 0.143. The Balaban J connectivity index is 1.29. The van der Waals surface area contributed by atoms with E-state index >= 15 is 0 Å². The number of fused-ring (bicyclic) bond motifs is 3. The highest BCUT2D eigenvalue weighted by molar-refractivity contribution is 5.79. The summed E-state index contributed by atoms with van der Waals surface area (Å²) < 4.78 is 5.48. The van der Waals surface area contributed by atoms with Crippen LogP contribution in [-0.2, 0) is 4.74 Å². The SMILES string of the molecule is Nc1ccc(C#CCCNC(=O)OCC2c3ccccc3-c3ccccc32)nn1. The van der Waals surface area contributed by atoms with Crippen LogP contribution >= 0.6 is 0 Å². The number of alkyl carbamates (subject to hydrolysis) is 1. The highest BCUT2D eigenvalue weighted by Gasteiger charge is 2.28. The van der Waals surface area contributed by atoms with Gasteiger partial charge in [0.05, 0.1) is 0 Å². The number of nitrogens with zero attached hydrogens (tertiary/aromatic N) is 2. The molecular weight excluding hydrogens is 364 g/mol. The maximum absolute atomic E-state index is 12.1. The number of ether oxygens (including phenoxy) is 1. The minimum Gasteiger partial charge on any atom is -0.449 e. The Morgan fingerprint density at radius 3 is 2.34 bits per heavy atom. The Bertz CT molecular complexity index is 1040. The van der Waals surface area contributed by atoms with Gasteiger partial charge in [0.1, 0.15) is 18.1 Å². The molecule has 0 saturated carbocycles. The summed E-state index contributed by atoms with van der Waals surface area (Å²) in [6, 6.07) is 19.8. The van der Waals surface area contributed by atoms with Gasteiger partial charge >= 0.3 is 6.09 Å². The van der Waals surface area contributed by atoms with Crippen molar-refractivity contribution >= 4 is 11.9 Å². The monoisotopic (exact) mass is 384 g/mol. The molecule has 0 spiro atoms. The fourth-order valence-electron chi connectivity index (χ4n) is 3.44. The van der Waals surface area contributed by atoms with Crippen molar-refractivity contribution in [3.05, 3.63) is 77.5 Å². The van der Waals surface area contributed by atoms with Crippen LogP contribution in [-0.4, -0.2) is 29.4 Å². The van der Waals surface area contributed by atoms with E-state index in [9.17, 15) is 4.79 Å². The third-order valence-electron chi connectivity index (χ3n) is 4.76. The van der Waals surface area contributed by atoms with Crippen LogP contribution in [0.25, 0.3) is 11.1 Å². The molecule has 6 heteroatoms. The number of nitrogens with one attached hydrogen (secondary N) is 1. The number of hydrogen-bond donors (Lipinski definition) is 2. The molecule has 0 unspecified atom stereocenters. The number of nitrogens with two attached hydrogens (primary N) is 1. The molecule has 1 heterocycles. The molecule has 4 rings (SSSR count). The van der Waals surface area contributed by atoms with Gasteiger partial charge in [0.25, 0.3) is 0 Å². The minimum atomic E-state index is -0.444. The lowest BCUT2D eigenvalue weighted by Gasteiger charge is -2.14. The molecule has 0 fully saturated rings. The highest BCUT2D eigenvalue weighted by Crippen LogP contribution is 2.44. The van der Waals surface area contributed by atoms with Gasteiger partial charge in [-0.2, -0.15) is 0 Å². The third kappa shape index (κ3) is 4.19. The standard InChI is InChI=1S/C23H20N4O2/c24-22-13-12-16(26-27-22)7-5-6-14-25-23(28)29-15-21-19-10-3-1-8-17(19)18-9-2-4-11-20(18)21/h1-4,8-13,21H,6,14-15H2,(H2,24,27)(H,25,28). The van der Waals surface area contributed by atoms with Crippen molar-refractivity contribution in [2.75, 3.05) is 18.9 Å². The average molecular weight is 384 g/mol. The number of anilines is 1. The molecule has 3 N–H and O–H groups in total. The van der Waals surface area contributed by atoms with Crippen LogP contribution in [0.2, 0.25) is 0 Å². The first-order valence-electron chi connectivity index (χ1n) is 9.39. The first-order valence-corrected chi connectivity index (χ1v) is 9.39. The average Bonchev–Trinajstić information content (AvgIpc) is 3.07. The van der Waals surface area contributed by atoms with E-state index in [0.29, 0.717) is 31.1 Å². The summed E-state index contributed by atoms with van der Waals surface area (Å²) in [5.74, 6) is 6.22. The van der Waals surface area contributed by atoms with E-state index < -0.39 is 6.09 Å². The molecule has 0 radical (unpaired) electrons. The summed E-state index contributed by atoms with van der Waals surface area (Å²) in [6.07, 6.45) is 0.0388. The number of carbonyl (C=O) groups excluding carboxylic acids is 1. The zero-order valence-electron chi connectivity index (χ0n) is 15.8. The Morgan fingerprint density at radius 1 is 1.00 bits per heavy atom. The van der Waals surface area contributed by atoms with Gasteiger partial charge in [0.2, 0.25) is 0 Å². The topological polar surface area (TPSA) is 90.1 Å². The molecule has 0 bridgehead atoms. The molecule has 1 aliphatic rings. The number of amides is 1. The number of rotatable bonds is 4. The lowest BCUT2D eigenvalue weighted by Crippen LogP contribution is -2.26. The van der Waals surface area contributed by atoms with Crippen LogP contribution in [0.3, 0.4) is 0 Å². The summed E-state index contributed by atoms with van der Waals surface area (Å²) >= 11 is 0. The predicted octanol–water partition coefficient (Wildman–Crippen LogP) is 3.34. The number of carbonyl (C=O) groups is 1. The van der Waals surface area contributed by atoms with E-state index in [1.807, 2.05) is 24.3 Å². The molecule has 0 saturated heterocycles. The summed E-state index contributed by atoms with van der Waals surface area (Å²) in [6.45, 7) is 0.693. The highest BCUT2D eigenvalue weighted by atomic mass is 16.5. The minimum absolute atomic E-state index is 0.0528. The molecule has 6 nitrogen and oxygen atoms in total. The van der Waals surface area contributed by atoms with Crippen LogP contribution in [0.5, 0.6) is 0 Å². The maximum Gasteiger partial charge on any atom is 0.407 e. The molecule has 1 amide bonds. The van der Waals surface area contributed by atoms with Gasteiger partial charge in [-0.1, -0.05) is 54.5 Å². The van der Waals surface area contributed by atoms with Gasteiger partial charge in [-0.3, -0.25) is 0 Å². The molecule has 3 aromatic rings. The summed E-state index contributed by atoms with van der Waals surface area (Å²) in [7, 11) is 0. The summed E-state index contributed by atoms with van der Waals surface area (Å²) in [4.78, 5) is 12.1. The summed E-state index contributed by atoms with van der Waals surface area (Å²) in [5.41, 5.74) is 10.8. The normalized spacial score (nSPS) is 11.7. The molecule has 2 aromatic carbocycles. The third-order valence-corrected chi connectivity index (χ3v) is 4.76. The van der Waals surface area contributed by atoms with Crippen molar-refractivity contribution in [1.82, 2.24) is 15.5 Å². The van der Waals surface area contributed by atoms with Gasteiger partial charge in [-0.25, -0.2) is 4.79 Å². The molecule has 29 heavy (non-hydrogen) atoms. The molecule has 0 aliphatic heterocycles. The number of hydrogen-bond acceptors (Lipinski definition) is 5.